The van der Waals surface area contributed by atoms with Gasteiger partial charge in [0.1, 0.15) is 5.02 Å². The van der Waals surface area contributed by atoms with Gasteiger partial charge in [0.05, 0.1) is 4.92 Å². The Morgan fingerprint density at radius 3 is 2.39 bits per heavy atom. The van der Waals surface area contributed by atoms with Crippen molar-refractivity contribution < 1.29 is 9.72 Å². The van der Waals surface area contributed by atoms with E-state index in [1.165, 1.54) is 18.2 Å². The molecule has 1 aromatic rings. The molecule has 1 heterocycles. The lowest BCUT2D eigenvalue weighted by molar-refractivity contribution is -0.384. The minimum absolute atomic E-state index is 0.00323. The van der Waals surface area contributed by atoms with Crippen molar-refractivity contribution in [1.29, 1.82) is 0 Å². The maximum Gasteiger partial charge on any atom is 0.288 e. The highest BCUT2D eigenvalue weighted by molar-refractivity contribution is 6.32. The molecule has 2 rings (SSSR count). The standard InChI is InChI=1S/C16H22ClN3O3/c1-15(2)8-11(9-16(3,4)19-15)18-14(21)10-5-6-12(17)13(7-10)20(22)23/h5-7,11,19H,8-9H2,1-4H3,(H,18,21). The lowest BCUT2D eigenvalue weighted by atomic mass is 9.79. The van der Waals surface area contributed by atoms with Gasteiger partial charge < -0.3 is 10.6 Å². The number of carbonyl (C=O) groups excluding carboxylic acids is 1. The number of piperidine rings is 1. The number of hydrogen-bond acceptors (Lipinski definition) is 4. The fourth-order valence-electron chi connectivity index (χ4n) is 3.49. The molecule has 1 amide bonds. The first-order chi connectivity index (χ1) is 10.5. The summed E-state index contributed by atoms with van der Waals surface area (Å²) in [6, 6.07) is 4.10. The fraction of sp³-hybridized carbons (Fsp3) is 0.562. The zero-order chi connectivity index (χ0) is 17.4. The first-order valence-corrected chi connectivity index (χ1v) is 7.91. The van der Waals surface area contributed by atoms with Crippen molar-refractivity contribution in [2.45, 2.75) is 57.7 Å². The monoisotopic (exact) mass is 339 g/mol. The van der Waals surface area contributed by atoms with Crippen molar-refractivity contribution in [1.82, 2.24) is 10.6 Å². The number of nitrogens with one attached hydrogen (secondary N) is 2. The number of benzene rings is 1. The molecule has 0 saturated carbocycles. The highest BCUT2D eigenvalue weighted by Gasteiger charge is 2.38. The Labute approximate surface area is 140 Å². The molecule has 126 valence electrons. The number of carbonyl (C=O) groups is 1. The first-order valence-electron chi connectivity index (χ1n) is 7.53. The lowest BCUT2D eigenvalue weighted by Crippen LogP contribution is -2.62. The fourth-order valence-corrected chi connectivity index (χ4v) is 3.67. The van der Waals surface area contributed by atoms with Crippen molar-refractivity contribution in [3.05, 3.63) is 38.9 Å². The van der Waals surface area contributed by atoms with Gasteiger partial charge in [0.25, 0.3) is 11.6 Å². The molecule has 0 bridgehead atoms. The minimum atomic E-state index is -0.587. The van der Waals surface area contributed by atoms with Crippen LogP contribution in [-0.4, -0.2) is 28.0 Å². The van der Waals surface area contributed by atoms with Crippen molar-refractivity contribution in [3.63, 3.8) is 0 Å². The van der Waals surface area contributed by atoms with E-state index >= 15 is 0 Å². The smallest absolute Gasteiger partial charge is 0.288 e. The maximum absolute atomic E-state index is 12.4. The predicted molar refractivity (Wildman–Crippen MR) is 89.9 cm³/mol. The Morgan fingerprint density at radius 1 is 1.30 bits per heavy atom. The number of rotatable bonds is 3. The van der Waals surface area contributed by atoms with Gasteiger partial charge in [0.2, 0.25) is 0 Å². The van der Waals surface area contributed by atoms with Crippen LogP contribution in [0, 0.1) is 10.1 Å². The topological polar surface area (TPSA) is 84.3 Å². The van der Waals surface area contributed by atoms with Crippen molar-refractivity contribution >= 4 is 23.2 Å². The zero-order valence-electron chi connectivity index (χ0n) is 13.8. The van der Waals surface area contributed by atoms with Gasteiger partial charge in [-0.15, -0.1) is 0 Å². The largest absolute Gasteiger partial charge is 0.349 e. The van der Waals surface area contributed by atoms with Crippen LogP contribution in [0.2, 0.25) is 5.02 Å². The van der Waals surface area contributed by atoms with Gasteiger partial charge in [-0.05, 0) is 52.7 Å². The summed E-state index contributed by atoms with van der Waals surface area (Å²) in [4.78, 5) is 22.8. The summed E-state index contributed by atoms with van der Waals surface area (Å²) in [6.07, 6.45) is 1.58. The normalized spacial score (nSPS) is 20.0. The van der Waals surface area contributed by atoms with E-state index in [0.717, 1.165) is 12.8 Å². The van der Waals surface area contributed by atoms with Crippen LogP contribution < -0.4 is 10.6 Å². The van der Waals surface area contributed by atoms with Crippen LogP contribution in [0.5, 0.6) is 0 Å². The Bertz CT molecular complexity index is 627. The Hall–Kier alpha value is -1.66. The molecule has 2 N–H and O–H groups in total. The van der Waals surface area contributed by atoms with E-state index in [9.17, 15) is 14.9 Å². The lowest BCUT2D eigenvalue weighted by Gasteiger charge is -2.46. The SMILES string of the molecule is CC1(C)CC(NC(=O)c2ccc(Cl)c([N+](=O)[O-])c2)CC(C)(C)N1. The molecule has 23 heavy (non-hydrogen) atoms. The van der Waals surface area contributed by atoms with Crippen LogP contribution in [0.15, 0.2) is 18.2 Å². The van der Waals surface area contributed by atoms with E-state index in [-0.39, 0.29) is 39.3 Å². The molecule has 1 fully saturated rings. The molecule has 0 unspecified atom stereocenters. The first kappa shape index (κ1) is 17.7. The number of nitro groups is 1. The summed E-state index contributed by atoms with van der Waals surface area (Å²) < 4.78 is 0. The third kappa shape index (κ3) is 4.42. The van der Waals surface area contributed by atoms with E-state index in [1.54, 1.807) is 0 Å². The average Bonchev–Trinajstić information content (AvgIpc) is 2.34. The molecule has 1 aliphatic rings. The minimum Gasteiger partial charge on any atom is -0.349 e. The van der Waals surface area contributed by atoms with Gasteiger partial charge >= 0.3 is 0 Å². The average molecular weight is 340 g/mol. The number of amides is 1. The second-order valence-electron chi connectivity index (χ2n) is 7.39. The summed E-state index contributed by atoms with van der Waals surface area (Å²) in [5, 5.41) is 17.5. The van der Waals surface area contributed by atoms with Crippen LogP contribution in [0.3, 0.4) is 0 Å². The second-order valence-corrected chi connectivity index (χ2v) is 7.80. The molecule has 0 aromatic heterocycles. The van der Waals surface area contributed by atoms with Crippen LogP contribution in [0.4, 0.5) is 5.69 Å². The van der Waals surface area contributed by atoms with Crippen LogP contribution >= 0.6 is 11.6 Å². The molecule has 0 atom stereocenters. The maximum atomic E-state index is 12.4. The third-order valence-corrected chi connectivity index (χ3v) is 4.25. The van der Waals surface area contributed by atoms with Gasteiger partial charge in [0, 0.05) is 28.7 Å². The Kier molecular flexibility index (Phi) is 4.69. The van der Waals surface area contributed by atoms with E-state index < -0.39 is 4.92 Å². The number of nitro benzene ring substituents is 1. The molecule has 6 nitrogen and oxygen atoms in total. The Balaban J connectivity index is 2.16. The van der Waals surface area contributed by atoms with Gasteiger partial charge in [-0.1, -0.05) is 11.6 Å². The molecular formula is C16H22ClN3O3. The van der Waals surface area contributed by atoms with Crippen molar-refractivity contribution in [2.24, 2.45) is 0 Å². The van der Waals surface area contributed by atoms with Gasteiger partial charge in [-0.3, -0.25) is 14.9 Å². The number of halogens is 1. The van der Waals surface area contributed by atoms with E-state index in [0.29, 0.717) is 0 Å². The third-order valence-electron chi connectivity index (χ3n) is 3.93. The molecule has 1 aliphatic heterocycles. The van der Waals surface area contributed by atoms with Gasteiger partial charge in [0.15, 0.2) is 0 Å². The van der Waals surface area contributed by atoms with Gasteiger partial charge in [-0.25, -0.2) is 0 Å². The molecule has 1 aromatic carbocycles. The summed E-state index contributed by atoms with van der Waals surface area (Å²) in [7, 11) is 0. The predicted octanol–water partition coefficient (Wildman–Crippen LogP) is 3.29. The summed E-state index contributed by atoms with van der Waals surface area (Å²) in [5.41, 5.74) is -0.197. The van der Waals surface area contributed by atoms with E-state index in [4.69, 9.17) is 11.6 Å². The van der Waals surface area contributed by atoms with E-state index in [2.05, 4.69) is 38.3 Å². The highest BCUT2D eigenvalue weighted by atomic mass is 35.5. The second kappa shape index (κ2) is 6.09. The molecule has 7 heteroatoms. The molecular weight excluding hydrogens is 318 g/mol. The summed E-state index contributed by atoms with van der Waals surface area (Å²) in [6.45, 7) is 8.39. The van der Waals surface area contributed by atoms with Crippen LogP contribution in [0.25, 0.3) is 0 Å². The number of hydrogen-bond donors (Lipinski definition) is 2. The van der Waals surface area contributed by atoms with E-state index in [1.807, 2.05) is 0 Å². The highest BCUT2D eigenvalue weighted by Crippen LogP contribution is 2.29. The molecule has 0 radical (unpaired) electrons. The molecule has 0 aliphatic carbocycles. The summed E-state index contributed by atoms with van der Waals surface area (Å²) in [5.74, 6) is -0.316. The number of nitrogens with zero attached hydrogens (tertiary/aromatic N) is 1. The quantitative estimate of drug-likeness (QED) is 0.653. The Morgan fingerprint density at radius 2 is 1.87 bits per heavy atom. The van der Waals surface area contributed by atoms with Crippen LogP contribution in [0.1, 0.15) is 50.9 Å². The molecule has 1 saturated heterocycles. The van der Waals surface area contributed by atoms with Gasteiger partial charge in [-0.2, -0.15) is 0 Å². The van der Waals surface area contributed by atoms with Crippen molar-refractivity contribution in [2.75, 3.05) is 0 Å². The molecule has 0 spiro atoms. The zero-order valence-corrected chi connectivity index (χ0v) is 14.5. The van der Waals surface area contributed by atoms with Crippen molar-refractivity contribution in [3.8, 4) is 0 Å². The summed E-state index contributed by atoms with van der Waals surface area (Å²) >= 11 is 5.78. The van der Waals surface area contributed by atoms with Crippen LogP contribution in [-0.2, 0) is 0 Å².